The predicted molar refractivity (Wildman–Crippen MR) is 52.2 cm³/mol. The van der Waals surface area contributed by atoms with E-state index in [1.54, 1.807) is 0 Å². The molecule has 14 heavy (non-hydrogen) atoms. The number of likely N-dealkylation sites (tertiary alicyclic amines) is 1. The molecular weight excluding hydrogens is 184 g/mol. The van der Waals surface area contributed by atoms with Gasteiger partial charge in [0, 0.05) is 6.42 Å². The van der Waals surface area contributed by atoms with Crippen molar-refractivity contribution in [2.24, 2.45) is 11.0 Å². The number of rotatable bonds is 3. The molecule has 1 fully saturated rings. The number of hydrazine groups is 1. The highest BCUT2D eigenvalue weighted by atomic mass is 16.6. The Hall–Kier alpha value is -1.14. The fourth-order valence-electron chi connectivity index (χ4n) is 1.73. The Kier molecular flexibility index (Phi) is 3.43. The van der Waals surface area contributed by atoms with Crippen LogP contribution in [0, 0.1) is 0 Å². The summed E-state index contributed by atoms with van der Waals surface area (Å²) in [7, 11) is 3.54. The van der Waals surface area contributed by atoms with Gasteiger partial charge in [-0.15, -0.1) is 0 Å². The van der Waals surface area contributed by atoms with Crippen LogP contribution in [0.15, 0.2) is 5.16 Å². The van der Waals surface area contributed by atoms with Crippen molar-refractivity contribution in [3.05, 3.63) is 0 Å². The van der Waals surface area contributed by atoms with Gasteiger partial charge in [-0.25, -0.2) is 5.84 Å². The van der Waals surface area contributed by atoms with Gasteiger partial charge in [0.15, 0.2) is 6.54 Å². The fourth-order valence-corrected chi connectivity index (χ4v) is 1.73. The first-order valence-corrected chi connectivity index (χ1v) is 4.51. The molecule has 1 aliphatic heterocycles. The van der Waals surface area contributed by atoms with E-state index in [4.69, 9.17) is 10.7 Å². The third kappa shape index (κ3) is 2.68. The molecule has 0 radical (unpaired) electrons. The number of oxime groups is 1. The Labute approximate surface area is 83.2 Å². The molecule has 0 saturated carbocycles. The van der Waals surface area contributed by atoms with Crippen molar-refractivity contribution < 1.29 is 14.1 Å². The fraction of sp³-hybridized carbons (Fsp3) is 0.750. The van der Waals surface area contributed by atoms with Crippen molar-refractivity contribution in [2.75, 3.05) is 33.8 Å². The smallest absolute Gasteiger partial charge is 0.289 e. The zero-order chi connectivity index (χ0) is 10.6. The largest absolute Gasteiger partial charge is 0.399 e. The third-order valence-corrected chi connectivity index (χ3v) is 2.41. The summed E-state index contributed by atoms with van der Waals surface area (Å²) in [6, 6.07) is 0. The van der Waals surface area contributed by atoms with E-state index in [1.165, 1.54) is 7.11 Å². The van der Waals surface area contributed by atoms with Gasteiger partial charge in [0.1, 0.15) is 19.4 Å². The number of nitrogens with zero attached hydrogens (tertiary/aromatic N) is 2. The quantitative estimate of drug-likeness (QED) is 0.261. The second-order valence-corrected chi connectivity index (χ2v) is 3.82. The number of nitrogens with two attached hydrogens (primary N) is 1. The average Bonchev–Trinajstić information content (AvgIpc) is 2.48. The molecule has 6 nitrogen and oxygen atoms in total. The van der Waals surface area contributed by atoms with E-state index in [0.717, 1.165) is 25.2 Å². The Bertz CT molecular complexity index is 254. The van der Waals surface area contributed by atoms with Crippen LogP contribution in [0.4, 0.5) is 0 Å². The molecule has 1 rings (SSSR count). The van der Waals surface area contributed by atoms with Crippen LogP contribution in [0.2, 0.25) is 0 Å². The number of quaternary nitrogens is 1. The van der Waals surface area contributed by atoms with Gasteiger partial charge in [0.05, 0.1) is 13.6 Å². The van der Waals surface area contributed by atoms with Crippen molar-refractivity contribution in [3.8, 4) is 0 Å². The number of likely N-dealkylation sites (N-methyl/N-ethyl adjacent to an activating group) is 1. The lowest BCUT2D eigenvalue weighted by atomic mass is 10.3. The molecule has 6 heteroatoms. The molecule has 1 atom stereocenters. The van der Waals surface area contributed by atoms with Crippen molar-refractivity contribution in [1.29, 1.82) is 0 Å². The molecule has 0 aromatic carbocycles. The summed E-state index contributed by atoms with van der Waals surface area (Å²) in [4.78, 5) is 15.8. The molecule has 1 aliphatic rings. The number of hydrogen-bond acceptors (Lipinski definition) is 4. The summed E-state index contributed by atoms with van der Waals surface area (Å²) in [5, 5.41) is 3.89. The van der Waals surface area contributed by atoms with Gasteiger partial charge in [-0.3, -0.25) is 10.2 Å². The minimum absolute atomic E-state index is 0.147. The topological polar surface area (TPSA) is 76.7 Å². The van der Waals surface area contributed by atoms with E-state index < -0.39 is 0 Å². The number of carbonyl (C=O) groups excluding carboxylic acids is 1. The lowest BCUT2D eigenvalue weighted by Gasteiger charge is -2.27. The van der Waals surface area contributed by atoms with E-state index in [2.05, 4.69) is 10.6 Å². The highest BCUT2D eigenvalue weighted by Gasteiger charge is 2.33. The maximum atomic E-state index is 11.1. The minimum Gasteiger partial charge on any atom is -0.399 e. The molecule has 0 aromatic rings. The van der Waals surface area contributed by atoms with E-state index in [1.807, 2.05) is 7.05 Å². The van der Waals surface area contributed by atoms with Crippen molar-refractivity contribution in [3.63, 3.8) is 0 Å². The molecular formula is C8H17N4O2+. The number of nitrogens with one attached hydrogen (secondary N) is 1. The van der Waals surface area contributed by atoms with E-state index in [-0.39, 0.29) is 5.91 Å². The molecule has 0 aromatic heterocycles. The number of amides is 1. The van der Waals surface area contributed by atoms with E-state index >= 15 is 0 Å². The first-order chi connectivity index (χ1) is 6.59. The molecule has 1 unspecified atom stereocenters. The molecule has 0 spiro atoms. The Balaban J connectivity index is 2.53. The lowest BCUT2D eigenvalue weighted by molar-refractivity contribution is -0.885. The molecule has 1 saturated heterocycles. The van der Waals surface area contributed by atoms with Gasteiger partial charge in [-0.2, -0.15) is 0 Å². The van der Waals surface area contributed by atoms with Gasteiger partial charge in [0.2, 0.25) is 0 Å². The standard InChI is InChI=1S/C8H16N4O2/c1-12(6-8(13)10-9)4-3-7(5-12)11-14-2/h3-6,9H2,1-2H3/p+1/b11-7-. The number of hydrogen-bond donors (Lipinski definition) is 2. The summed E-state index contributed by atoms with van der Waals surface area (Å²) in [6.07, 6.45) is 0.877. The monoisotopic (exact) mass is 201 g/mol. The van der Waals surface area contributed by atoms with Gasteiger partial charge < -0.3 is 9.32 Å². The molecule has 0 aliphatic carbocycles. The molecule has 80 valence electrons. The minimum atomic E-state index is -0.147. The Morgan fingerprint density at radius 3 is 3.07 bits per heavy atom. The highest BCUT2D eigenvalue weighted by molar-refractivity contribution is 5.87. The second kappa shape index (κ2) is 4.39. The predicted octanol–water partition coefficient (Wildman–Crippen LogP) is -1.17. The van der Waals surface area contributed by atoms with Crippen molar-refractivity contribution >= 4 is 11.6 Å². The summed E-state index contributed by atoms with van der Waals surface area (Å²) in [5.41, 5.74) is 3.14. The van der Waals surface area contributed by atoms with Crippen LogP contribution in [-0.4, -0.2) is 49.9 Å². The van der Waals surface area contributed by atoms with Crippen LogP contribution < -0.4 is 11.3 Å². The normalized spacial score (nSPS) is 29.2. The van der Waals surface area contributed by atoms with Crippen LogP contribution in [0.5, 0.6) is 0 Å². The Morgan fingerprint density at radius 1 is 1.79 bits per heavy atom. The van der Waals surface area contributed by atoms with Gasteiger partial charge in [-0.1, -0.05) is 5.16 Å². The first kappa shape index (κ1) is 10.9. The summed E-state index contributed by atoms with van der Waals surface area (Å²) >= 11 is 0. The van der Waals surface area contributed by atoms with Crippen molar-refractivity contribution in [2.45, 2.75) is 6.42 Å². The average molecular weight is 201 g/mol. The van der Waals surface area contributed by atoms with Crippen LogP contribution >= 0.6 is 0 Å². The van der Waals surface area contributed by atoms with E-state index in [0.29, 0.717) is 11.0 Å². The van der Waals surface area contributed by atoms with Crippen LogP contribution in [-0.2, 0) is 9.63 Å². The third-order valence-electron chi connectivity index (χ3n) is 2.41. The molecule has 3 N–H and O–H groups in total. The highest BCUT2D eigenvalue weighted by Crippen LogP contribution is 2.14. The summed E-state index contributed by atoms with van der Waals surface area (Å²) in [6.45, 7) is 2.04. The van der Waals surface area contributed by atoms with Gasteiger partial charge in [-0.05, 0) is 0 Å². The first-order valence-electron chi connectivity index (χ1n) is 4.51. The maximum absolute atomic E-state index is 11.1. The number of carbonyl (C=O) groups is 1. The van der Waals surface area contributed by atoms with Crippen LogP contribution in [0.25, 0.3) is 0 Å². The van der Waals surface area contributed by atoms with Gasteiger partial charge in [0.25, 0.3) is 5.91 Å². The SMILES string of the molecule is CO/N=C1/CC[N+](C)(CC(=O)NN)C1. The second-order valence-electron chi connectivity index (χ2n) is 3.82. The molecule has 0 bridgehead atoms. The maximum Gasteiger partial charge on any atom is 0.289 e. The van der Waals surface area contributed by atoms with Crippen molar-refractivity contribution in [1.82, 2.24) is 5.43 Å². The summed E-state index contributed by atoms with van der Waals surface area (Å²) in [5.74, 6) is 4.89. The lowest BCUT2D eigenvalue weighted by Crippen LogP contribution is -2.50. The Morgan fingerprint density at radius 2 is 2.50 bits per heavy atom. The zero-order valence-corrected chi connectivity index (χ0v) is 8.62. The molecule has 1 heterocycles. The summed E-state index contributed by atoms with van der Waals surface area (Å²) < 4.78 is 0.644. The van der Waals surface area contributed by atoms with E-state index in [9.17, 15) is 4.79 Å². The zero-order valence-electron chi connectivity index (χ0n) is 8.62. The van der Waals surface area contributed by atoms with Crippen LogP contribution in [0.3, 0.4) is 0 Å². The van der Waals surface area contributed by atoms with Gasteiger partial charge >= 0.3 is 0 Å². The van der Waals surface area contributed by atoms with Crippen LogP contribution in [0.1, 0.15) is 6.42 Å². The molecule has 1 amide bonds.